The third-order valence-corrected chi connectivity index (χ3v) is 3.11. The maximum absolute atomic E-state index is 13.1. The molecule has 3 nitrogen and oxygen atoms in total. The summed E-state index contributed by atoms with van der Waals surface area (Å²) in [6.07, 6.45) is 0. The van der Waals surface area contributed by atoms with Crippen LogP contribution in [0, 0.1) is 17.1 Å². The SMILES string of the molecule is N#Cc1ccc(Br)cc1NCc1cc(F)ccc1O. The minimum atomic E-state index is -0.413. The van der Waals surface area contributed by atoms with Gasteiger partial charge in [-0.05, 0) is 36.4 Å². The maximum atomic E-state index is 13.1. The molecule has 0 bridgehead atoms. The monoisotopic (exact) mass is 320 g/mol. The van der Waals surface area contributed by atoms with Crippen molar-refractivity contribution in [1.29, 1.82) is 5.26 Å². The molecule has 0 radical (unpaired) electrons. The number of phenols is 1. The molecule has 0 saturated carbocycles. The lowest BCUT2D eigenvalue weighted by molar-refractivity contribution is 0.466. The largest absolute Gasteiger partial charge is 0.508 e. The highest BCUT2D eigenvalue weighted by molar-refractivity contribution is 9.10. The van der Waals surface area contributed by atoms with E-state index in [9.17, 15) is 9.50 Å². The topological polar surface area (TPSA) is 56.0 Å². The Morgan fingerprint density at radius 2 is 2.05 bits per heavy atom. The van der Waals surface area contributed by atoms with Gasteiger partial charge in [0.1, 0.15) is 17.6 Å². The minimum Gasteiger partial charge on any atom is -0.508 e. The normalized spacial score (nSPS) is 9.95. The van der Waals surface area contributed by atoms with E-state index in [1.54, 1.807) is 18.2 Å². The summed E-state index contributed by atoms with van der Waals surface area (Å²) in [4.78, 5) is 0. The molecule has 0 spiro atoms. The quantitative estimate of drug-likeness (QED) is 0.904. The lowest BCUT2D eigenvalue weighted by Gasteiger charge is -2.10. The molecule has 0 unspecified atom stereocenters. The van der Waals surface area contributed by atoms with Gasteiger partial charge >= 0.3 is 0 Å². The van der Waals surface area contributed by atoms with Crippen molar-refractivity contribution in [1.82, 2.24) is 0 Å². The Balaban J connectivity index is 2.21. The van der Waals surface area contributed by atoms with Gasteiger partial charge in [-0.3, -0.25) is 0 Å². The van der Waals surface area contributed by atoms with Gasteiger partial charge in [-0.2, -0.15) is 5.26 Å². The Morgan fingerprint density at radius 3 is 2.79 bits per heavy atom. The van der Waals surface area contributed by atoms with E-state index in [2.05, 4.69) is 27.3 Å². The predicted molar refractivity (Wildman–Crippen MR) is 74.2 cm³/mol. The molecule has 0 aliphatic rings. The van der Waals surface area contributed by atoms with Crippen molar-refractivity contribution in [3.8, 4) is 11.8 Å². The van der Waals surface area contributed by atoms with E-state index in [-0.39, 0.29) is 12.3 Å². The fourth-order valence-corrected chi connectivity index (χ4v) is 2.01. The number of aromatic hydroxyl groups is 1. The average molecular weight is 321 g/mol. The first-order chi connectivity index (χ1) is 9.10. The summed E-state index contributed by atoms with van der Waals surface area (Å²) in [6, 6.07) is 11.0. The van der Waals surface area contributed by atoms with Crippen molar-refractivity contribution in [2.75, 3.05) is 5.32 Å². The second-order valence-electron chi connectivity index (χ2n) is 3.93. The Morgan fingerprint density at radius 1 is 1.26 bits per heavy atom. The van der Waals surface area contributed by atoms with Crippen LogP contribution in [0.25, 0.3) is 0 Å². The lowest BCUT2D eigenvalue weighted by atomic mass is 10.1. The predicted octanol–water partition coefficient (Wildman–Crippen LogP) is 3.78. The van der Waals surface area contributed by atoms with E-state index in [0.29, 0.717) is 16.8 Å². The van der Waals surface area contributed by atoms with Crippen LogP contribution in [0.1, 0.15) is 11.1 Å². The van der Waals surface area contributed by atoms with Crippen LogP contribution in [0.5, 0.6) is 5.75 Å². The summed E-state index contributed by atoms with van der Waals surface area (Å²) in [6.45, 7) is 0.231. The second-order valence-corrected chi connectivity index (χ2v) is 4.84. The van der Waals surface area contributed by atoms with Gasteiger partial charge in [0.15, 0.2) is 0 Å². The Labute approximate surface area is 118 Å². The number of halogens is 2. The summed E-state index contributed by atoms with van der Waals surface area (Å²) in [5, 5.41) is 21.6. The van der Waals surface area contributed by atoms with Gasteiger partial charge < -0.3 is 10.4 Å². The van der Waals surface area contributed by atoms with Crippen LogP contribution in [0.4, 0.5) is 10.1 Å². The molecule has 0 saturated heterocycles. The van der Waals surface area contributed by atoms with Crippen molar-refractivity contribution in [2.45, 2.75) is 6.54 Å². The Bertz CT molecular complexity index is 652. The maximum Gasteiger partial charge on any atom is 0.123 e. The summed E-state index contributed by atoms with van der Waals surface area (Å²) in [5.41, 5.74) is 1.54. The van der Waals surface area contributed by atoms with Crippen molar-refractivity contribution in [3.05, 3.63) is 57.8 Å². The molecule has 0 aromatic heterocycles. The van der Waals surface area contributed by atoms with E-state index >= 15 is 0 Å². The average Bonchev–Trinajstić information content (AvgIpc) is 2.40. The number of benzene rings is 2. The van der Waals surface area contributed by atoms with E-state index in [1.165, 1.54) is 18.2 Å². The second kappa shape index (κ2) is 5.72. The minimum absolute atomic E-state index is 0.0161. The number of nitriles is 1. The molecule has 2 rings (SSSR count). The Hall–Kier alpha value is -2.06. The van der Waals surface area contributed by atoms with Crippen molar-refractivity contribution in [3.63, 3.8) is 0 Å². The first-order valence-corrected chi connectivity index (χ1v) is 6.30. The van der Waals surface area contributed by atoms with E-state index in [1.807, 2.05) is 0 Å². The van der Waals surface area contributed by atoms with Crippen LogP contribution < -0.4 is 5.32 Å². The molecule has 0 fully saturated rings. The number of rotatable bonds is 3. The number of nitrogens with zero attached hydrogens (tertiary/aromatic N) is 1. The molecule has 0 amide bonds. The Kier molecular flexibility index (Phi) is 4.03. The van der Waals surface area contributed by atoms with Crippen molar-refractivity contribution >= 4 is 21.6 Å². The van der Waals surface area contributed by atoms with Gasteiger partial charge in [0.2, 0.25) is 0 Å². The molecule has 5 heteroatoms. The van der Waals surface area contributed by atoms with Crippen LogP contribution >= 0.6 is 15.9 Å². The number of nitrogens with one attached hydrogen (secondary N) is 1. The summed E-state index contributed by atoms with van der Waals surface area (Å²) in [5.74, 6) is -0.397. The molecular weight excluding hydrogens is 311 g/mol. The van der Waals surface area contributed by atoms with Gasteiger partial charge in [0.05, 0.1) is 11.3 Å². The number of phenolic OH excluding ortho intramolecular Hbond substituents is 1. The third-order valence-electron chi connectivity index (χ3n) is 2.61. The van der Waals surface area contributed by atoms with Crippen LogP contribution in [0.2, 0.25) is 0 Å². The zero-order chi connectivity index (χ0) is 13.8. The highest BCUT2D eigenvalue weighted by Gasteiger charge is 2.06. The van der Waals surface area contributed by atoms with Crippen molar-refractivity contribution in [2.24, 2.45) is 0 Å². The fourth-order valence-electron chi connectivity index (χ4n) is 1.65. The van der Waals surface area contributed by atoms with Crippen LogP contribution in [-0.4, -0.2) is 5.11 Å². The van der Waals surface area contributed by atoms with Gasteiger partial charge in [-0.1, -0.05) is 15.9 Å². The van der Waals surface area contributed by atoms with Crippen molar-refractivity contribution < 1.29 is 9.50 Å². The van der Waals surface area contributed by atoms with Crippen LogP contribution in [0.3, 0.4) is 0 Å². The molecule has 2 aromatic carbocycles. The molecule has 96 valence electrons. The summed E-state index contributed by atoms with van der Waals surface area (Å²) in [7, 11) is 0. The highest BCUT2D eigenvalue weighted by Crippen LogP contribution is 2.23. The number of anilines is 1. The molecule has 0 heterocycles. The lowest BCUT2D eigenvalue weighted by Crippen LogP contribution is -2.02. The van der Waals surface area contributed by atoms with Crippen LogP contribution in [0.15, 0.2) is 40.9 Å². The first kappa shape index (κ1) is 13.4. The highest BCUT2D eigenvalue weighted by atomic mass is 79.9. The fraction of sp³-hybridized carbons (Fsp3) is 0.0714. The smallest absolute Gasteiger partial charge is 0.123 e. The first-order valence-electron chi connectivity index (χ1n) is 5.51. The molecule has 2 N–H and O–H groups in total. The number of hydrogen-bond donors (Lipinski definition) is 2. The zero-order valence-electron chi connectivity index (χ0n) is 9.82. The standard InChI is InChI=1S/C14H10BrFN2O/c15-11-2-1-9(7-17)13(6-11)18-8-10-5-12(16)3-4-14(10)19/h1-6,18-19H,8H2. The van der Waals surface area contributed by atoms with E-state index in [4.69, 9.17) is 5.26 Å². The summed E-state index contributed by atoms with van der Waals surface area (Å²) >= 11 is 3.32. The third kappa shape index (κ3) is 3.24. The summed E-state index contributed by atoms with van der Waals surface area (Å²) < 4.78 is 13.9. The van der Waals surface area contributed by atoms with E-state index in [0.717, 1.165) is 4.47 Å². The molecule has 0 atom stereocenters. The molecular formula is C14H10BrFN2O. The van der Waals surface area contributed by atoms with Crippen LogP contribution in [-0.2, 0) is 6.54 Å². The molecule has 0 aliphatic heterocycles. The van der Waals surface area contributed by atoms with Gasteiger partial charge in [-0.15, -0.1) is 0 Å². The van der Waals surface area contributed by atoms with Gasteiger partial charge in [0, 0.05) is 16.6 Å². The van der Waals surface area contributed by atoms with Gasteiger partial charge in [0.25, 0.3) is 0 Å². The molecule has 2 aromatic rings. The number of hydrogen-bond acceptors (Lipinski definition) is 3. The van der Waals surface area contributed by atoms with E-state index < -0.39 is 5.82 Å². The molecule has 19 heavy (non-hydrogen) atoms. The van der Waals surface area contributed by atoms with Gasteiger partial charge in [-0.25, -0.2) is 4.39 Å². The zero-order valence-corrected chi connectivity index (χ0v) is 11.4. The molecule has 0 aliphatic carbocycles.